The molecule has 2 heterocycles. The molecule has 1 unspecified atom stereocenters. The van der Waals surface area contributed by atoms with Crippen LogP contribution in [-0.4, -0.2) is 45.0 Å². The number of alkyl halides is 2. The fourth-order valence-corrected chi connectivity index (χ4v) is 6.15. The Kier molecular flexibility index (Phi) is 8.14. The van der Waals surface area contributed by atoms with Gasteiger partial charge < -0.3 is 15.3 Å². The van der Waals surface area contributed by atoms with Crippen molar-refractivity contribution in [1.29, 1.82) is 0 Å². The van der Waals surface area contributed by atoms with Crippen molar-refractivity contribution in [2.24, 2.45) is 5.92 Å². The molecule has 0 radical (unpaired) electrons. The predicted octanol–water partition coefficient (Wildman–Crippen LogP) is 5.77. The molecule has 1 fully saturated rings. The molecule has 2 amide bonds. The molecule has 0 saturated heterocycles. The summed E-state index contributed by atoms with van der Waals surface area (Å²) < 4.78 is 26.7. The third-order valence-corrected chi connectivity index (χ3v) is 8.30. The Bertz CT molecular complexity index is 1290. The SMILES string of the molecule is O=C(NC1CCC(CN2C(=O)C(O)(CCc3ccccc3)C3=C2CCC=C3)CC1)c1cc(Cl)cnc1C(F)F. The van der Waals surface area contributed by atoms with Gasteiger partial charge in [0.1, 0.15) is 5.69 Å². The second-order valence-corrected chi connectivity index (χ2v) is 11.1. The van der Waals surface area contributed by atoms with Gasteiger partial charge in [-0.15, -0.1) is 0 Å². The lowest BCUT2D eigenvalue weighted by Gasteiger charge is -2.33. The van der Waals surface area contributed by atoms with Gasteiger partial charge in [0.05, 0.1) is 10.6 Å². The number of rotatable bonds is 8. The van der Waals surface area contributed by atoms with E-state index in [1.807, 2.05) is 42.5 Å². The first-order valence-electron chi connectivity index (χ1n) is 13.5. The van der Waals surface area contributed by atoms with Gasteiger partial charge >= 0.3 is 0 Å². The van der Waals surface area contributed by atoms with Crippen molar-refractivity contribution in [2.75, 3.05) is 6.54 Å². The zero-order valence-corrected chi connectivity index (χ0v) is 22.3. The van der Waals surface area contributed by atoms with E-state index in [4.69, 9.17) is 11.6 Å². The number of aryl methyl sites for hydroxylation is 1. The highest BCUT2D eigenvalue weighted by molar-refractivity contribution is 6.30. The summed E-state index contributed by atoms with van der Waals surface area (Å²) in [6, 6.07) is 10.9. The van der Waals surface area contributed by atoms with Gasteiger partial charge in [0.2, 0.25) is 0 Å². The molecule has 2 aliphatic carbocycles. The van der Waals surface area contributed by atoms with Crippen molar-refractivity contribution in [3.05, 3.63) is 87.9 Å². The average molecular weight is 556 g/mol. The number of nitrogens with zero attached hydrogens (tertiary/aromatic N) is 2. The lowest BCUT2D eigenvalue weighted by molar-refractivity contribution is -0.143. The normalized spacial score (nSPS) is 24.8. The Balaban J connectivity index is 1.21. The van der Waals surface area contributed by atoms with Crippen molar-refractivity contribution >= 4 is 23.4 Å². The van der Waals surface area contributed by atoms with Crippen LogP contribution in [0.25, 0.3) is 0 Å². The van der Waals surface area contributed by atoms with E-state index in [9.17, 15) is 23.5 Å². The summed E-state index contributed by atoms with van der Waals surface area (Å²) in [4.78, 5) is 31.8. The van der Waals surface area contributed by atoms with E-state index in [1.54, 1.807) is 4.90 Å². The monoisotopic (exact) mass is 555 g/mol. The minimum atomic E-state index is -2.88. The highest BCUT2D eigenvalue weighted by atomic mass is 35.5. The topological polar surface area (TPSA) is 82.5 Å². The highest BCUT2D eigenvalue weighted by Gasteiger charge is 2.50. The number of allylic oxidation sites excluding steroid dienone is 2. The minimum Gasteiger partial charge on any atom is -0.375 e. The fraction of sp³-hybridized carbons (Fsp3) is 0.433. The highest BCUT2D eigenvalue weighted by Crippen LogP contribution is 2.42. The van der Waals surface area contributed by atoms with Gasteiger partial charge in [0.25, 0.3) is 18.2 Å². The number of benzene rings is 1. The van der Waals surface area contributed by atoms with Gasteiger partial charge in [-0.25, -0.2) is 8.78 Å². The van der Waals surface area contributed by atoms with Crippen LogP contribution in [0.1, 0.15) is 73.0 Å². The lowest BCUT2D eigenvalue weighted by atomic mass is 9.85. The van der Waals surface area contributed by atoms with Gasteiger partial charge in [0.15, 0.2) is 5.60 Å². The van der Waals surface area contributed by atoms with Crippen molar-refractivity contribution in [1.82, 2.24) is 15.2 Å². The Morgan fingerprint density at radius 1 is 1.21 bits per heavy atom. The molecule has 0 spiro atoms. The molecule has 9 heteroatoms. The van der Waals surface area contributed by atoms with Crippen LogP contribution in [0.3, 0.4) is 0 Å². The number of aromatic nitrogens is 1. The molecule has 0 bridgehead atoms. The molecule has 1 saturated carbocycles. The van der Waals surface area contributed by atoms with Crippen LogP contribution in [0, 0.1) is 5.92 Å². The van der Waals surface area contributed by atoms with Crippen LogP contribution in [0.2, 0.25) is 5.02 Å². The molecule has 1 aliphatic heterocycles. The second kappa shape index (κ2) is 11.6. The number of carbonyl (C=O) groups is 2. The van der Waals surface area contributed by atoms with Crippen LogP contribution in [0.4, 0.5) is 8.78 Å². The molecule has 1 aromatic heterocycles. The van der Waals surface area contributed by atoms with Crippen LogP contribution in [-0.2, 0) is 11.2 Å². The molecule has 2 aromatic rings. The van der Waals surface area contributed by atoms with Crippen molar-refractivity contribution in [2.45, 2.75) is 69.4 Å². The second-order valence-electron chi connectivity index (χ2n) is 10.6. The smallest absolute Gasteiger partial charge is 0.281 e. The summed E-state index contributed by atoms with van der Waals surface area (Å²) in [5.74, 6) is -0.646. The van der Waals surface area contributed by atoms with E-state index in [1.165, 1.54) is 6.07 Å². The summed E-state index contributed by atoms with van der Waals surface area (Å²) in [5.41, 5.74) is 0.405. The van der Waals surface area contributed by atoms with E-state index >= 15 is 0 Å². The van der Waals surface area contributed by atoms with E-state index in [-0.39, 0.29) is 28.5 Å². The Labute approximate surface area is 231 Å². The van der Waals surface area contributed by atoms with E-state index in [2.05, 4.69) is 10.3 Å². The van der Waals surface area contributed by atoms with Crippen LogP contribution >= 0.6 is 11.6 Å². The number of pyridine rings is 1. The first kappa shape index (κ1) is 27.5. The molecule has 39 heavy (non-hydrogen) atoms. The summed E-state index contributed by atoms with van der Waals surface area (Å²) in [6.07, 6.45) is 7.50. The molecule has 6 nitrogen and oxygen atoms in total. The third kappa shape index (κ3) is 5.77. The minimum absolute atomic E-state index is 0.124. The molecule has 5 rings (SSSR count). The zero-order valence-electron chi connectivity index (χ0n) is 21.6. The van der Waals surface area contributed by atoms with E-state index in [0.29, 0.717) is 32.2 Å². The van der Waals surface area contributed by atoms with Gasteiger partial charge in [-0.2, -0.15) is 0 Å². The van der Waals surface area contributed by atoms with E-state index in [0.717, 1.165) is 48.7 Å². The number of carbonyl (C=O) groups excluding carboxylic acids is 2. The predicted molar refractivity (Wildman–Crippen MR) is 144 cm³/mol. The molecular weight excluding hydrogens is 524 g/mol. The van der Waals surface area contributed by atoms with Crippen LogP contribution in [0.5, 0.6) is 0 Å². The van der Waals surface area contributed by atoms with Gasteiger partial charge in [-0.05, 0) is 68.9 Å². The van der Waals surface area contributed by atoms with Crippen molar-refractivity contribution in [3.8, 4) is 0 Å². The maximum absolute atomic E-state index is 13.6. The fourth-order valence-electron chi connectivity index (χ4n) is 5.99. The Hall–Kier alpha value is -3.10. The van der Waals surface area contributed by atoms with Crippen LogP contribution < -0.4 is 5.32 Å². The van der Waals surface area contributed by atoms with Gasteiger partial charge in [-0.3, -0.25) is 14.6 Å². The molecule has 1 aromatic carbocycles. The van der Waals surface area contributed by atoms with Crippen LogP contribution in [0.15, 0.2) is 66.0 Å². The summed E-state index contributed by atoms with van der Waals surface area (Å²) in [6.45, 7) is 0.521. The zero-order chi connectivity index (χ0) is 27.6. The molecular formula is C30H32ClF2N3O3. The quantitative estimate of drug-likeness (QED) is 0.433. The largest absolute Gasteiger partial charge is 0.375 e. The first-order valence-corrected chi connectivity index (χ1v) is 13.9. The number of halogens is 3. The number of amides is 2. The maximum Gasteiger partial charge on any atom is 0.281 e. The van der Waals surface area contributed by atoms with E-state index < -0.39 is 23.6 Å². The molecule has 3 aliphatic rings. The molecule has 206 valence electrons. The number of nitrogens with one attached hydrogen (secondary N) is 1. The van der Waals surface area contributed by atoms with Crippen molar-refractivity contribution < 1.29 is 23.5 Å². The van der Waals surface area contributed by atoms with Crippen molar-refractivity contribution in [3.63, 3.8) is 0 Å². The summed E-state index contributed by atoms with van der Waals surface area (Å²) >= 11 is 5.89. The third-order valence-electron chi connectivity index (χ3n) is 8.09. The Morgan fingerprint density at radius 3 is 2.67 bits per heavy atom. The molecule has 2 N–H and O–H groups in total. The van der Waals surface area contributed by atoms with Gasteiger partial charge in [-0.1, -0.05) is 54.1 Å². The summed E-state index contributed by atoms with van der Waals surface area (Å²) in [7, 11) is 0. The maximum atomic E-state index is 13.6. The van der Waals surface area contributed by atoms with Gasteiger partial charge in [0, 0.05) is 30.1 Å². The molecule has 1 atom stereocenters. The standard InChI is InChI=1S/C30H32ClF2N3O3/c31-21-16-23(26(27(32)33)34-17-21)28(37)35-22-12-10-20(11-13-22)18-36-25-9-5-4-8-24(25)30(39,29(36)38)15-14-19-6-2-1-3-7-19/h1-4,6-8,16-17,20,22,27,39H,5,9-15,18H2,(H,35,37). The lowest BCUT2D eigenvalue weighted by Crippen LogP contribution is -2.45. The Morgan fingerprint density at radius 2 is 1.95 bits per heavy atom. The average Bonchev–Trinajstić information content (AvgIpc) is 3.15. The summed E-state index contributed by atoms with van der Waals surface area (Å²) in [5, 5.41) is 14.6. The number of aliphatic hydroxyl groups is 1. The number of hydrogen-bond acceptors (Lipinski definition) is 4. The first-order chi connectivity index (χ1) is 18.8. The number of hydrogen-bond donors (Lipinski definition) is 2.